The number of rotatable bonds is 2. The molecule has 2 saturated heterocycles. The largest absolute Gasteiger partial charge is 0.335 e. The number of carbonyl (C=O) groups excluding carboxylic acids is 1. The lowest BCUT2D eigenvalue weighted by molar-refractivity contribution is -0.137. The number of fused-ring (bicyclic) bond motifs is 2. The Hall–Kier alpha value is -0.570. The van der Waals surface area contributed by atoms with Crippen molar-refractivity contribution in [2.75, 3.05) is 0 Å². The number of amides is 1. The molecule has 1 amide bonds. The summed E-state index contributed by atoms with van der Waals surface area (Å²) in [4.78, 5) is 14.3. The van der Waals surface area contributed by atoms with E-state index in [-0.39, 0.29) is 17.9 Å². The zero-order valence-corrected chi connectivity index (χ0v) is 9.78. The van der Waals surface area contributed by atoms with Crippen molar-refractivity contribution in [3.05, 3.63) is 0 Å². The van der Waals surface area contributed by atoms with Crippen molar-refractivity contribution in [3.8, 4) is 0 Å². The first-order valence-electron chi connectivity index (χ1n) is 6.19. The van der Waals surface area contributed by atoms with Crippen molar-refractivity contribution in [2.24, 2.45) is 11.7 Å². The molecule has 2 aliphatic rings. The van der Waals surface area contributed by atoms with Gasteiger partial charge in [-0.25, -0.2) is 0 Å². The van der Waals surface area contributed by atoms with Crippen molar-refractivity contribution in [3.63, 3.8) is 0 Å². The number of hydrogen-bond acceptors (Lipinski definition) is 2. The van der Waals surface area contributed by atoms with Crippen LogP contribution < -0.4 is 5.73 Å². The minimum Gasteiger partial charge on any atom is -0.335 e. The minimum absolute atomic E-state index is 0.192. The van der Waals surface area contributed by atoms with Gasteiger partial charge in [0, 0.05) is 12.1 Å². The molecule has 15 heavy (non-hydrogen) atoms. The molecule has 2 rings (SSSR count). The highest BCUT2D eigenvalue weighted by Gasteiger charge is 2.41. The van der Waals surface area contributed by atoms with Crippen LogP contribution in [0, 0.1) is 5.92 Å². The molecule has 0 saturated carbocycles. The van der Waals surface area contributed by atoms with Crippen molar-refractivity contribution >= 4 is 5.91 Å². The van der Waals surface area contributed by atoms with Crippen LogP contribution in [0.3, 0.4) is 0 Å². The summed E-state index contributed by atoms with van der Waals surface area (Å²) in [6.07, 6.45) is 6.05. The zero-order chi connectivity index (χ0) is 11.0. The van der Waals surface area contributed by atoms with Crippen LogP contribution in [0.5, 0.6) is 0 Å². The third kappa shape index (κ3) is 1.89. The number of nitrogens with two attached hydrogens (primary N) is 1. The highest BCUT2D eigenvalue weighted by molar-refractivity contribution is 5.83. The van der Waals surface area contributed by atoms with E-state index in [0.29, 0.717) is 12.1 Å². The molecule has 0 aromatic rings. The summed E-state index contributed by atoms with van der Waals surface area (Å²) in [6, 6.07) is 0.702. The lowest BCUT2D eigenvalue weighted by Crippen LogP contribution is -2.52. The van der Waals surface area contributed by atoms with Gasteiger partial charge < -0.3 is 10.6 Å². The lowest BCUT2D eigenvalue weighted by Gasteiger charge is -2.37. The molecule has 2 aliphatic heterocycles. The zero-order valence-electron chi connectivity index (χ0n) is 9.78. The molecule has 2 fully saturated rings. The van der Waals surface area contributed by atoms with Gasteiger partial charge in [-0.1, -0.05) is 13.8 Å². The molecule has 0 aromatic carbocycles. The lowest BCUT2D eigenvalue weighted by atomic mass is 9.98. The van der Waals surface area contributed by atoms with Gasteiger partial charge in [-0.05, 0) is 38.0 Å². The average molecular weight is 210 g/mol. The molecule has 0 aromatic heterocycles. The molecule has 3 nitrogen and oxygen atoms in total. The van der Waals surface area contributed by atoms with Crippen molar-refractivity contribution < 1.29 is 4.79 Å². The number of hydrogen-bond donors (Lipinski definition) is 1. The van der Waals surface area contributed by atoms with E-state index in [0.717, 1.165) is 0 Å². The summed E-state index contributed by atoms with van der Waals surface area (Å²) in [5, 5.41) is 0. The summed E-state index contributed by atoms with van der Waals surface area (Å²) in [7, 11) is 0. The van der Waals surface area contributed by atoms with Gasteiger partial charge in [0.25, 0.3) is 0 Å². The Morgan fingerprint density at radius 2 is 1.73 bits per heavy atom. The summed E-state index contributed by atoms with van der Waals surface area (Å²) in [5.74, 6) is 0.441. The third-order valence-corrected chi connectivity index (χ3v) is 3.95. The molecular weight excluding hydrogens is 188 g/mol. The van der Waals surface area contributed by atoms with E-state index in [1.54, 1.807) is 0 Å². The Balaban J connectivity index is 2.07. The first-order valence-corrected chi connectivity index (χ1v) is 6.19. The van der Waals surface area contributed by atoms with Crippen LogP contribution in [-0.2, 0) is 4.79 Å². The summed E-state index contributed by atoms with van der Waals surface area (Å²) < 4.78 is 0. The molecule has 3 atom stereocenters. The molecule has 0 aliphatic carbocycles. The second kappa shape index (κ2) is 4.12. The van der Waals surface area contributed by atoms with E-state index in [9.17, 15) is 4.79 Å². The van der Waals surface area contributed by atoms with E-state index in [4.69, 9.17) is 5.73 Å². The molecule has 0 radical (unpaired) electrons. The Kier molecular flexibility index (Phi) is 3.01. The van der Waals surface area contributed by atoms with Gasteiger partial charge in [-0.15, -0.1) is 0 Å². The number of piperidine rings is 1. The minimum atomic E-state index is -0.300. The SMILES string of the molecule is CC(C)[C@@H](N)C(=O)N1C2CCCC1CC2. The van der Waals surface area contributed by atoms with Crippen LogP contribution in [0.2, 0.25) is 0 Å². The van der Waals surface area contributed by atoms with Crippen molar-refractivity contribution in [1.82, 2.24) is 4.90 Å². The van der Waals surface area contributed by atoms with E-state index >= 15 is 0 Å². The molecule has 2 heterocycles. The molecular formula is C12H22N2O. The maximum atomic E-state index is 12.2. The molecule has 2 bridgehead atoms. The Morgan fingerprint density at radius 3 is 2.20 bits per heavy atom. The number of nitrogens with zero attached hydrogens (tertiary/aromatic N) is 1. The quantitative estimate of drug-likeness (QED) is 0.751. The predicted octanol–water partition coefficient (Wildman–Crippen LogP) is 1.51. The van der Waals surface area contributed by atoms with Gasteiger partial charge in [-0.2, -0.15) is 0 Å². The van der Waals surface area contributed by atoms with Gasteiger partial charge in [0.2, 0.25) is 5.91 Å². The Morgan fingerprint density at radius 1 is 1.20 bits per heavy atom. The molecule has 2 N–H and O–H groups in total. The third-order valence-electron chi connectivity index (χ3n) is 3.95. The summed E-state index contributed by atoms with van der Waals surface area (Å²) in [5.41, 5.74) is 5.95. The van der Waals surface area contributed by atoms with E-state index < -0.39 is 0 Å². The van der Waals surface area contributed by atoms with Crippen molar-refractivity contribution in [2.45, 2.75) is 64.1 Å². The normalized spacial score (nSPS) is 32.1. The number of carbonyl (C=O) groups is 1. The van der Waals surface area contributed by atoms with Gasteiger partial charge >= 0.3 is 0 Å². The standard InChI is InChI=1S/C12H22N2O/c1-8(2)11(13)12(15)14-9-4-3-5-10(14)7-6-9/h8-11H,3-7,13H2,1-2H3/t9?,10?,11-/m1/s1. The monoisotopic (exact) mass is 210 g/mol. The van der Waals surface area contributed by atoms with Crippen LogP contribution in [0.15, 0.2) is 0 Å². The fourth-order valence-electron chi connectivity index (χ4n) is 2.93. The Labute approximate surface area is 92.0 Å². The fourth-order valence-corrected chi connectivity index (χ4v) is 2.93. The summed E-state index contributed by atoms with van der Waals surface area (Å²) in [6.45, 7) is 4.04. The molecule has 2 unspecified atom stereocenters. The van der Waals surface area contributed by atoms with Crippen LogP contribution >= 0.6 is 0 Å². The molecule has 86 valence electrons. The molecule has 0 spiro atoms. The molecule has 3 heteroatoms. The van der Waals surface area contributed by atoms with E-state index in [1.165, 1.54) is 32.1 Å². The van der Waals surface area contributed by atoms with Crippen LogP contribution in [0.4, 0.5) is 0 Å². The fraction of sp³-hybridized carbons (Fsp3) is 0.917. The maximum Gasteiger partial charge on any atom is 0.240 e. The predicted molar refractivity (Wildman–Crippen MR) is 60.3 cm³/mol. The van der Waals surface area contributed by atoms with Gasteiger partial charge in [0.15, 0.2) is 0 Å². The Bertz CT molecular complexity index is 236. The average Bonchev–Trinajstić information content (AvgIpc) is 2.46. The second-order valence-electron chi connectivity index (χ2n) is 5.33. The topological polar surface area (TPSA) is 46.3 Å². The first-order chi connectivity index (χ1) is 7.11. The maximum absolute atomic E-state index is 12.2. The van der Waals surface area contributed by atoms with Crippen LogP contribution in [0.1, 0.15) is 46.0 Å². The highest BCUT2D eigenvalue weighted by atomic mass is 16.2. The summed E-state index contributed by atoms with van der Waals surface area (Å²) >= 11 is 0. The first kappa shape index (κ1) is 10.9. The second-order valence-corrected chi connectivity index (χ2v) is 5.33. The smallest absolute Gasteiger partial charge is 0.240 e. The van der Waals surface area contributed by atoms with Gasteiger partial charge in [0.1, 0.15) is 0 Å². The van der Waals surface area contributed by atoms with Crippen LogP contribution in [-0.4, -0.2) is 28.9 Å². The highest BCUT2D eigenvalue weighted by Crippen LogP contribution is 2.36. The van der Waals surface area contributed by atoms with Gasteiger partial charge in [-0.3, -0.25) is 4.79 Å². The van der Waals surface area contributed by atoms with E-state index in [2.05, 4.69) is 4.90 Å². The van der Waals surface area contributed by atoms with Crippen LogP contribution in [0.25, 0.3) is 0 Å². The van der Waals surface area contributed by atoms with Crippen molar-refractivity contribution in [1.29, 1.82) is 0 Å². The van der Waals surface area contributed by atoms with E-state index in [1.807, 2.05) is 13.8 Å². The van der Waals surface area contributed by atoms with Gasteiger partial charge in [0.05, 0.1) is 6.04 Å².